The van der Waals surface area contributed by atoms with Gasteiger partial charge in [0.05, 0.1) is 0 Å². The van der Waals surface area contributed by atoms with E-state index in [-0.39, 0.29) is 17.6 Å². The van der Waals surface area contributed by atoms with Crippen LogP contribution in [-0.4, -0.2) is 5.91 Å². The lowest BCUT2D eigenvalue weighted by Gasteiger charge is -2.04. The summed E-state index contributed by atoms with van der Waals surface area (Å²) in [6.07, 6.45) is 0.891. The first-order valence-corrected chi connectivity index (χ1v) is 6.72. The molecule has 4 heteroatoms. The average molecular weight is 261 g/mol. The molecule has 1 amide bonds. The van der Waals surface area contributed by atoms with Crippen molar-refractivity contribution in [2.75, 3.05) is 5.32 Å². The number of nitrogens with one attached hydrogen (secondary N) is 1. The molecule has 2 nitrogen and oxygen atoms in total. The van der Waals surface area contributed by atoms with Crippen LogP contribution in [0.25, 0.3) is 0 Å². The largest absolute Gasteiger partial charge is 0.326 e. The van der Waals surface area contributed by atoms with Crippen molar-refractivity contribution in [1.29, 1.82) is 0 Å². The van der Waals surface area contributed by atoms with Crippen molar-refractivity contribution in [2.45, 2.75) is 12.3 Å². The number of rotatable bonds is 3. The SMILES string of the molecule is O=C(Nc1cccc(F)c1)C1CC1c1cccs1. The zero-order valence-electron chi connectivity index (χ0n) is 9.60. The number of hydrogen-bond acceptors (Lipinski definition) is 2. The van der Waals surface area contributed by atoms with Gasteiger partial charge in [-0.25, -0.2) is 4.39 Å². The molecular formula is C14H12FNOS. The molecule has 0 saturated heterocycles. The van der Waals surface area contributed by atoms with Crippen molar-refractivity contribution in [1.82, 2.24) is 0 Å². The van der Waals surface area contributed by atoms with Crippen molar-refractivity contribution >= 4 is 22.9 Å². The van der Waals surface area contributed by atoms with Crippen LogP contribution in [0.3, 0.4) is 0 Å². The van der Waals surface area contributed by atoms with Crippen LogP contribution in [0.4, 0.5) is 10.1 Å². The van der Waals surface area contributed by atoms with Gasteiger partial charge in [0.1, 0.15) is 5.82 Å². The van der Waals surface area contributed by atoms with E-state index in [0.717, 1.165) is 6.42 Å². The Labute approximate surface area is 108 Å². The van der Waals surface area contributed by atoms with E-state index in [9.17, 15) is 9.18 Å². The highest BCUT2D eigenvalue weighted by atomic mass is 32.1. The van der Waals surface area contributed by atoms with Gasteiger partial charge in [0.25, 0.3) is 0 Å². The first-order chi connectivity index (χ1) is 8.74. The molecule has 2 atom stereocenters. The topological polar surface area (TPSA) is 29.1 Å². The number of hydrogen-bond donors (Lipinski definition) is 1. The molecule has 2 aromatic rings. The number of amides is 1. The van der Waals surface area contributed by atoms with Crippen LogP contribution in [0.15, 0.2) is 41.8 Å². The van der Waals surface area contributed by atoms with Gasteiger partial charge in [0.15, 0.2) is 0 Å². The van der Waals surface area contributed by atoms with Gasteiger partial charge in [0.2, 0.25) is 5.91 Å². The van der Waals surface area contributed by atoms with Crippen molar-refractivity contribution in [3.63, 3.8) is 0 Å². The molecule has 18 heavy (non-hydrogen) atoms. The molecule has 2 unspecified atom stereocenters. The Hall–Kier alpha value is -1.68. The fraction of sp³-hybridized carbons (Fsp3) is 0.214. The summed E-state index contributed by atoms with van der Waals surface area (Å²) in [5.74, 6) is 0.0304. The second-order valence-corrected chi connectivity index (χ2v) is 5.44. The van der Waals surface area contributed by atoms with Gasteiger partial charge in [-0.3, -0.25) is 4.79 Å². The smallest absolute Gasteiger partial charge is 0.228 e. The number of benzene rings is 1. The van der Waals surface area contributed by atoms with Crippen molar-refractivity contribution in [3.8, 4) is 0 Å². The molecule has 0 radical (unpaired) electrons. The summed E-state index contributed by atoms with van der Waals surface area (Å²) in [6, 6.07) is 10.0. The monoisotopic (exact) mass is 261 g/mol. The molecular weight excluding hydrogens is 249 g/mol. The Kier molecular flexibility index (Phi) is 2.88. The molecule has 92 valence electrons. The van der Waals surface area contributed by atoms with Gasteiger partial charge in [-0.15, -0.1) is 11.3 Å². The third-order valence-electron chi connectivity index (χ3n) is 3.13. The summed E-state index contributed by atoms with van der Waals surface area (Å²) in [5.41, 5.74) is 0.525. The first kappa shape index (κ1) is 11.4. The number of thiophene rings is 1. The van der Waals surface area contributed by atoms with Gasteiger partial charge in [0, 0.05) is 22.4 Å². The van der Waals surface area contributed by atoms with Gasteiger partial charge in [-0.2, -0.15) is 0 Å². The Bertz CT molecular complexity index is 567. The number of anilines is 1. The van der Waals surface area contributed by atoms with Crippen LogP contribution in [0.5, 0.6) is 0 Å². The van der Waals surface area contributed by atoms with Gasteiger partial charge in [-0.05, 0) is 36.1 Å². The first-order valence-electron chi connectivity index (χ1n) is 5.84. The summed E-state index contributed by atoms with van der Waals surface area (Å²) in [5, 5.41) is 4.79. The normalized spacial score (nSPS) is 21.6. The Morgan fingerprint density at radius 2 is 2.22 bits per heavy atom. The predicted octanol–water partition coefficient (Wildman–Crippen LogP) is 3.63. The molecule has 0 bridgehead atoms. The van der Waals surface area contributed by atoms with Crippen LogP contribution < -0.4 is 5.32 Å². The van der Waals surface area contributed by atoms with Crippen LogP contribution >= 0.6 is 11.3 Å². The summed E-state index contributed by atoms with van der Waals surface area (Å²) in [6.45, 7) is 0. The van der Waals surface area contributed by atoms with E-state index in [1.54, 1.807) is 23.5 Å². The van der Waals surface area contributed by atoms with Crippen LogP contribution in [0.1, 0.15) is 17.2 Å². The fourth-order valence-corrected chi connectivity index (χ4v) is 3.01. The Morgan fingerprint density at radius 1 is 1.33 bits per heavy atom. The molecule has 3 rings (SSSR count). The fourth-order valence-electron chi connectivity index (χ4n) is 2.10. The highest BCUT2D eigenvalue weighted by molar-refractivity contribution is 7.10. The molecule has 1 N–H and O–H groups in total. The van der Waals surface area contributed by atoms with E-state index in [1.165, 1.54) is 17.0 Å². The minimum atomic E-state index is -0.335. The highest BCUT2D eigenvalue weighted by Gasteiger charge is 2.44. The number of halogens is 1. The van der Waals surface area contributed by atoms with Crippen molar-refractivity contribution in [2.24, 2.45) is 5.92 Å². The maximum absolute atomic E-state index is 13.0. The van der Waals surface area contributed by atoms with Crippen LogP contribution in [0.2, 0.25) is 0 Å². The zero-order valence-corrected chi connectivity index (χ0v) is 10.4. The van der Waals surface area contributed by atoms with Crippen LogP contribution in [-0.2, 0) is 4.79 Å². The summed E-state index contributed by atoms with van der Waals surface area (Å²) in [4.78, 5) is 13.2. The number of carbonyl (C=O) groups excluding carboxylic acids is 1. The van der Waals surface area contributed by atoms with E-state index in [0.29, 0.717) is 11.6 Å². The third-order valence-corrected chi connectivity index (χ3v) is 4.13. The molecule has 1 saturated carbocycles. The zero-order chi connectivity index (χ0) is 12.5. The Balaban J connectivity index is 1.64. The molecule has 1 fully saturated rings. The second-order valence-electron chi connectivity index (χ2n) is 4.46. The lowest BCUT2D eigenvalue weighted by molar-refractivity contribution is -0.117. The minimum absolute atomic E-state index is 0.0148. The van der Waals surface area contributed by atoms with Gasteiger partial charge >= 0.3 is 0 Å². The Morgan fingerprint density at radius 3 is 2.94 bits per heavy atom. The molecule has 0 spiro atoms. The molecule has 1 aromatic heterocycles. The highest BCUT2D eigenvalue weighted by Crippen LogP contribution is 2.49. The molecule has 1 heterocycles. The maximum Gasteiger partial charge on any atom is 0.228 e. The van der Waals surface area contributed by atoms with E-state index < -0.39 is 0 Å². The van der Waals surface area contributed by atoms with E-state index in [1.807, 2.05) is 11.4 Å². The molecule has 1 aliphatic rings. The lowest BCUT2D eigenvalue weighted by atomic mass is 10.2. The second kappa shape index (κ2) is 4.53. The van der Waals surface area contributed by atoms with Crippen molar-refractivity contribution in [3.05, 3.63) is 52.5 Å². The summed E-state index contributed by atoms with van der Waals surface area (Å²) >= 11 is 1.68. The average Bonchev–Trinajstić information content (AvgIpc) is 2.96. The minimum Gasteiger partial charge on any atom is -0.326 e. The molecule has 1 aromatic carbocycles. The van der Waals surface area contributed by atoms with Crippen molar-refractivity contribution < 1.29 is 9.18 Å². The summed E-state index contributed by atoms with van der Waals surface area (Å²) in [7, 11) is 0. The maximum atomic E-state index is 13.0. The van der Waals surface area contributed by atoms with E-state index in [4.69, 9.17) is 0 Å². The lowest BCUT2D eigenvalue weighted by Crippen LogP contribution is -2.14. The molecule has 0 aliphatic heterocycles. The summed E-state index contributed by atoms with van der Waals surface area (Å²) < 4.78 is 13.0. The standard InChI is InChI=1S/C14H12FNOS/c15-9-3-1-4-10(7-9)16-14(17)12-8-11(12)13-5-2-6-18-13/h1-7,11-12H,8H2,(H,16,17). The number of carbonyl (C=O) groups is 1. The van der Waals surface area contributed by atoms with E-state index in [2.05, 4.69) is 11.4 Å². The van der Waals surface area contributed by atoms with Gasteiger partial charge < -0.3 is 5.32 Å². The van der Waals surface area contributed by atoms with E-state index >= 15 is 0 Å². The van der Waals surface area contributed by atoms with Gasteiger partial charge in [-0.1, -0.05) is 12.1 Å². The predicted molar refractivity (Wildman–Crippen MR) is 70.2 cm³/mol. The van der Waals surface area contributed by atoms with Crippen LogP contribution in [0, 0.1) is 11.7 Å². The molecule has 1 aliphatic carbocycles. The third kappa shape index (κ3) is 2.29. The quantitative estimate of drug-likeness (QED) is 0.898.